The van der Waals surface area contributed by atoms with Gasteiger partial charge in [0.2, 0.25) is 0 Å². The molecule has 47 heavy (non-hydrogen) atoms. The van der Waals surface area contributed by atoms with E-state index in [4.69, 9.17) is 14.5 Å². The van der Waals surface area contributed by atoms with E-state index >= 15 is 0 Å². The van der Waals surface area contributed by atoms with Crippen molar-refractivity contribution in [2.75, 3.05) is 7.11 Å². The zero-order valence-electron chi connectivity index (χ0n) is 25.4. The van der Waals surface area contributed by atoms with E-state index in [1.165, 1.54) is 33.2 Å². The van der Waals surface area contributed by atoms with Crippen LogP contribution in [0.4, 0.5) is 0 Å². The van der Waals surface area contributed by atoms with Gasteiger partial charge in [0.15, 0.2) is 4.80 Å². The predicted octanol–water partition coefficient (Wildman–Crippen LogP) is 8.27. The van der Waals surface area contributed by atoms with Crippen LogP contribution in [0.15, 0.2) is 118 Å². The summed E-state index contributed by atoms with van der Waals surface area (Å²) in [5.74, 6) is 1.64. The van der Waals surface area contributed by atoms with E-state index in [2.05, 4.69) is 136 Å². The lowest BCUT2D eigenvalue weighted by Crippen LogP contribution is -2.38. The van der Waals surface area contributed by atoms with Crippen LogP contribution in [0, 0.1) is 7.14 Å². The minimum absolute atomic E-state index is 0.0266. The Labute approximate surface area is 303 Å². The maximum atomic E-state index is 14.3. The molecule has 0 unspecified atom stereocenters. The van der Waals surface area contributed by atoms with Gasteiger partial charge in [0.25, 0.3) is 5.56 Å². The molecule has 5 aromatic carbocycles. The summed E-state index contributed by atoms with van der Waals surface area (Å²) >= 11 is 6.12. The second kappa shape index (κ2) is 12.7. The van der Waals surface area contributed by atoms with Crippen molar-refractivity contribution in [1.29, 1.82) is 0 Å². The normalized spacial score (nSPS) is 15.6. The summed E-state index contributed by atoms with van der Waals surface area (Å²) in [6.45, 7) is 0.477. The van der Waals surface area contributed by atoms with Gasteiger partial charge in [-0.15, -0.1) is 0 Å². The molecule has 0 spiro atoms. The number of rotatable bonds is 6. The Kier molecular flexibility index (Phi) is 8.27. The van der Waals surface area contributed by atoms with Crippen LogP contribution in [0.25, 0.3) is 22.5 Å². The van der Waals surface area contributed by atoms with E-state index < -0.39 is 0 Å². The van der Waals surface area contributed by atoms with E-state index in [1.807, 2.05) is 22.8 Å². The van der Waals surface area contributed by atoms with Gasteiger partial charge in [0.1, 0.15) is 18.1 Å². The molecule has 6 aromatic rings. The molecule has 1 aliphatic carbocycles. The first-order chi connectivity index (χ1) is 23.0. The second-order valence-electron chi connectivity index (χ2n) is 11.6. The highest BCUT2D eigenvalue weighted by Gasteiger charge is 2.32. The number of ether oxygens (including phenoxy) is 2. The molecule has 0 bridgehead atoms. The third-order valence-electron chi connectivity index (χ3n) is 8.87. The number of aromatic nitrogens is 1. The third kappa shape index (κ3) is 5.63. The summed E-state index contributed by atoms with van der Waals surface area (Å²) in [5, 5.41) is 2.40. The van der Waals surface area contributed by atoms with Crippen molar-refractivity contribution >= 4 is 79.1 Å². The van der Waals surface area contributed by atoms with Crippen molar-refractivity contribution < 1.29 is 9.47 Å². The van der Waals surface area contributed by atoms with Crippen LogP contribution >= 0.6 is 56.5 Å². The molecule has 8 heteroatoms. The summed E-state index contributed by atoms with van der Waals surface area (Å²) in [7, 11) is 1.67. The van der Waals surface area contributed by atoms with Gasteiger partial charge in [0, 0.05) is 5.56 Å². The molecule has 1 atom stereocenters. The lowest BCUT2D eigenvalue weighted by atomic mass is 9.83. The summed E-state index contributed by atoms with van der Waals surface area (Å²) in [4.78, 5) is 20.1. The molecular formula is C39H28I2N2O3S. The molecular weight excluding hydrogens is 830 g/mol. The molecule has 5 nitrogen and oxygen atoms in total. The fourth-order valence-electron chi connectivity index (χ4n) is 6.63. The van der Waals surface area contributed by atoms with Gasteiger partial charge in [-0.05, 0) is 127 Å². The number of nitrogens with zero attached hydrogens (tertiary/aromatic N) is 2. The Bertz CT molecular complexity index is 2380. The number of fused-ring (bicyclic) bond motifs is 4. The van der Waals surface area contributed by atoms with Gasteiger partial charge >= 0.3 is 0 Å². The van der Waals surface area contributed by atoms with Crippen LogP contribution in [-0.4, -0.2) is 11.7 Å². The Morgan fingerprint density at radius 2 is 1.66 bits per heavy atom. The number of methoxy groups -OCH3 is 1. The van der Waals surface area contributed by atoms with Crippen LogP contribution in [0.3, 0.4) is 0 Å². The molecule has 0 saturated heterocycles. The Balaban J connectivity index is 1.19. The largest absolute Gasteiger partial charge is 0.497 e. The molecule has 2 heterocycles. The molecule has 0 N–H and O–H groups in total. The third-order valence-corrected chi connectivity index (χ3v) is 11.5. The van der Waals surface area contributed by atoms with Gasteiger partial charge in [-0.1, -0.05) is 90.2 Å². The highest BCUT2D eigenvalue weighted by molar-refractivity contribution is 14.1. The molecule has 0 radical (unpaired) electrons. The van der Waals surface area contributed by atoms with Crippen LogP contribution in [0.5, 0.6) is 11.5 Å². The zero-order chi connectivity index (χ0) is 32.1. The molecule has 8 rings (SSSR count). The molecule has 0 fully saturated rings. The van der Waals surface area contributed by atoms with Crippen molar-refractivity contribution in [3.63, 3.8) is 0 Å². The molecule has 1 aliphatic heterocycles. The van der Waals surface area contributed by atoms with E-state index in [-0.39, 0.29) is 11.6 Å². The first kappa shape index (κ1) is 30.6. The number of thiazole rings is 1. The second-order valence-corrected chi connectivity index (χ2v) is 15.0. The first-order valence-electron chi connectivity index (χ1n) is 15.3. The Morgan fingerprint density at radius 1 is 0.915 bits per heavy atom. The lowest BCUT2D eigenvalue weighted by Gasteiger charge is -2.30. The van der Waals surface area contributed by atoms with Crippen LogP contribution < -0.4 is 24.4 Å². The van der Waals surface area contributed by atoms with Crippen molar-refractivity contribution in [3.8, 4) is 11.5 Å². The fourth-order valence-corrected chi connectivity index (χ4v) is 9.76. The summed E-state index contributed by atoms with van der Waals surface area (Å²) in [5.41, 5.74) is 7.77. The lowest BCUT2D eigenvalue weighted by molar-refractivity contribution is 0.303. The molecule has 232 valence electrons. The number of hydrogen-bond donors (Lipinski definition) is 0. The predicted molar refractivity (Wildman–Crippen MR) is 206 cm³/mol. The van der Waals surface area contributed by atoms with Gasteiger partial charge in [-0.25, -0.2) is 4.99 Å². The van der Waals surface area contributed by atoms with Crippen LogP contribution in [0.1, 0.15) is 40.3 Å². The minimum atomic E-state index is -0.229. The minimum Gasteiger partial charge on any atom is -0.497 e. The zero-order valence-corrected chi connectivity index (χ0v) is 30.5. The van der Waals surface area contributed by atoms with Crippen molar-refractivity contribution in [1.82, 2.24) is 4.57 Å². The van der Waals surface area contributed by atoms with Gasteiger partial charge in [-0.3, -0.25) is 9.36 Å². The average Bonchev–Trinajstić information content (AvgIpc) is 3.40. The number of allylic oxidation sites excluding steroid dienone is 1. The standard InChI is InChI=1S/C39H28I2N2O3S/c1-45-28-16-13-26(14-17-28)36-31-18-15-25-8-3-5-12-30(25)35(31)42-39-43(36)38(44)34(47-39)21-23-19-32(40)37(33(41)20-23)46-22-27-10-6-9-24-7-2-4-11-29(24)27/h2-14,16-17,19-21,36H,15,18,22H2,1H3/b34-21-/t36-/m1/s1. The summed E-state index contributed by atoms with van der Waals surface area (Å²) < 4.78 is 16.4. The maximum Gasteiger partial charge on any atom is 0.271 e. The topological polar surface area (TPSA) is 52.8 Å². The highest BCUT2D eigenvalue weighted by Crippen LogP contribution is 2.41. The fraction of sp³-hybridized carbons (Fsp3) is 0.128. The van der Waals surface area contributed by atoms with E-state index in [0.717, 1.165) is 64.2 Å². The average molecular weight is 859 g/mol. The van der Waals surface area contributed by atoms with E-state index in [0.29, 0.717) is 11.1 Å². The van der Waals surface area contributed by atoms with E-state index in [9.17, 15) is 4.79 Å². The smallest absolute Gasteiger partial charge is 0.271 e. The Morgan fingerprint density at radius 3 is 2.47 bits per heavy atom. The van der Waals surface area contributed by atoms with E-state index in [1.54, 1.807) is 7.11 Å². The first-order valence-corrected chi connectivity index (χ1v) is 18.3. The molecule has 0 saturated carbocycles. The van der Waals surface area contributed by atoms with Crippen LogP contribution in [0.2, 0.25) is 0 Å². The van der Waals surface area contributed by atoms with Gasteiger partial charge in [0.05, 0.1) is 30.5 Å². The van der Waals surface area contributed by atoms with Crippen molar-refractivity contribution in [2.45, 2.75) is 25.5 Å². The Hall–Kier alpha value is -3.74. The maximum absolute atomic E-state index is 14.3. The summed E-state index contributed by atoms with van der Waals surface area (Å²) in [6, 6.07) is 35.2. The summed E-state index contributed by atoms with van der Waals surface area (Å²) in [6.07, 6.45) is 3.77. The monoisotopic (exact) mass is 858 g/mol. The van der Waals surface area contributed by atoms with Crippen molar-refractivity contribution in [3.05, 3.63) is 163 Å². The van der Waals surface area contributed by atoms with Gasteiger partial charge < -0.3 is 9.47 Å². The quantitative estimate of drug-likeness (QED) is 0.159. The van der Waals surface area contributed by atoms with Crippen LogP contribution in [-0.2, 0) is 13.0 Å². The molecule has 1 aromatic heterocycles. The van der Waals surface area contributed by atoms with Gasteiger partial charge in [-0.2, -0.15) is 0 Å². The number of benzene rings is 5. The number of halogens is 2. The van der Waals surface area contributed by atoms with Crippen molar-refractivity contribution in [2.24, 2.45) is 4.99 Å². The molecule has 0 amide bonds. The highest BCUT2D eigenvalue weighted by atomic mass is 127. The molecule has 2 aliphatic rings. The number of aryl methyl sites for hydroxylation is 1. The SMILES string of the molecule is COc1ccc([C@@H]2C3=C(N=c4s/c(=C\c5cc(I)c(OCc6cccc7ccccc67)c(I)c5)c(=O)n42)c2ccccc2CC3)cc1. The number of hydrogen-bond acceptors (Lipinski definition) is 5.